The van der Waals surface area contributed by atoms with Crippen LogP contribution in [0.3, 0.4) is 0 Å². The fraction of sp³-hybridized carbons (Fsp3) is 0.529. The zero-order valence-corrected chi connectivity index (χ0v) is 14.0. The Hall–Kier alpha value is -1.79. The van der Waals surface area contributed by atoms with Crippen molar-refractivity contribution < 1.29 is 23.8 Å². The lowest BCUT2D eigenvalue weighted by molar-refractivity contribution is -0.154. The minimum atomic E-state index is -0.437. The lowest BCUT2D eigenvalue weighted by atomic mass is 9.97. The van der Waals surface area contributed by atoms with Crippen LogP contribution in [0.5, 0.6) is 5.75 Å². The maximum absolute atomic E-state index is 12.1. The van der Waals surface area contributed by atoms with Gasteiger partial charge in [0.2, 0.25) is 0 Å². The van der Waals surface area contributed by atoms with E-state index in [4.69, 9.17) is 25.8 Å². The molecule has 2 aliphatic rings. The number of nitrogens with one attached hydrogen (secondary N) is 1. The molecule has 130 valence electrons. The number of rotatable bonds is 5. The number of ether oxygens (including phenoxy) is 3. The van der Waals surface area contributed by atoms with Gasteiger partial charge in [-0.1, -0.05) is 11.6 Å². The molecule has 0 unspecified atom stereocenters. The van der Waals surface area contributed by atoms with Gasteiger partial charge in [-0.3, -0.25) is 9.59 Å². The molecule has 1 amide bonds. The molecule has 2 aliphatic heterocycles. The summed E-state index contributed by atoms with van der Waals surface area (Å²) in [4.78, 5) is 23.9. The second kappa shape index (κ2) is 7.85. The third-order valence-corrected chi connectivity index (χ3v) is 4.39. The summed E-state index contributed by atoms with van der Waals surface area (Å²) in [5.74, 6) is -0.452. The average Bonchev–Trinajstić information content (AvgIpc) is 3.10. The van der Waals surface area contributed by atoms with Crippen LogP contribution in [0.4, 0.5) is 0 Å². The van der Waals surface area contributed by atoms with E-state index in [9.17, 15) is 9.59 Å². The molecule has 3 rings (SSSR count). The smallest absolute Gasteiger partial charge is 0.313 e. The van der Waals surface area contributed by atoms with Crippen LogP contribution in [-0.4, -0.2) is 44.3 Å². The van der Waals surface area contributed by atoms with Crippen LogP contribution in [0, 0.1) is 5.92 Å². The van der Waals surface area contributed by atoms with E-state index in [1.165, 1.54) is 0 Å². The number of halogens is 1. The minimum Gasteiger partial charge on any atom is -0.492 e. The first-order chi connectivity index (χ1) is 11.6. The van der Waals surface area contributed by atoms with Gasteiger partial charge in [0.25, 0.3) is 5.91 Å². The molecule has 0 aromatic heterocycles. The van der Waals surface area contributed by atoms with Crippen LogP contribution in [0.2, 0.25) is 5.02 Å². The second-order valence-electron chi connectivity index (χ2n) is 6.01. The molecule has 1 N–H and O–H groups in total. The summed E-state index contributed by atoms with van der Waals surface area (Å²) in [5, 5.41) is 3.31. The van der Waals surface area contributed by atoms with Crippen molar-refractivity contribution in [1.82, 2.24) is 5.32 Å². The zero-order chi connectivity index (χ0) is 16.9. The van der Waals surface area contributed by atoms with Crippen LogP contribution >= 0.6 is 11.6 Å². The van der Waals surface area contributed by atoms with Crippen molar-refractivity contribution in [1.29, 1.82) is 0 Å². The Morgan fingerprint density at radius 1 is 1.38 bits per heavy atom. The first-order valence-corrected chi connectivity index (χ1v) is 8.46. The van der Waals surface area contributed by atoms with E-state index in [1.54, 1.807) is 18.2 Å². The summed E-state index contributed by atoms with van der Waals surface area (Å²) in [5.41, 5.74) is 0.874. The van der Waals surface area contributed by atoms with Gasteiger partial charge in [0, 0.05) is 18.2 Å². The number of hydrogen-bond donors (Lipinski definition) is 1. The van der Waals surface area contributed by atoms with Gasteiger partial charge in [0.1, 0.15) is 12.4 Å². The SMILES string of the molecule is O=C(COC(=O)[C@@H]1COc2ccc(Cl)cc2C1)NC[C@@H]1CCCO1. The highest BCUT2D eigenvalue weighted by Crippen LogP contribution is 2.30. The molecule has 1 saturated heterocycles. The lowest BCUT2D eigenvalue weighted by Gasteiger charge is -2.24. The van der Waals surface area contributed by atoms with E-state index in [-0.39, 0.29) is 25.2 Å². The van der Waals surface area contributed by atoms with Crippen LogP contribution < -0.4 is 10.1 Å². The Kier molecular flexibility index (Phi) is 5.58. The van der Waals surface area contributed by atoms with E-state index < -0.39 is 11.9 Å². The van der Waals surface area contributed by atoms with Crippen LogP contribution in [0.15, 0.2) is 18.2 Å². The maximum atomic E-state index is 12.1. The van der Waals surface area contributed by atoms with Crippen molar-refractivity contribution in [2.75, 3.05) is 26.4 Å². The van der Waals surface area contributed by atoms with E-state index in [0.29, 0.717) is 18.0 Å². The Morgan fingerprint density at radius 3 is 3.04 bits per heavy atom. The number of carbonyl (C=O) groups is 2. The number of benzene rings is 1. The van der Waals surface area contributed by atoms with Crippen molar-refractivity contribution in [3.05, 3.63) is 28.8 Å². The van der Waals surface area contributed by atoms with Gasteiger partial charge in [-0.15, -0.1) is 0 Å². The molecule has 1 aromatic carbocycles. The van der Waals surface area contributed by atoms with Crippen molar-refractivity contribution >= 4 is 23.5 Å². The predicted molar refractivity (Wildman–Crippen MR) is 87.1 cm³/mol. The number of esters is 1. The van der Waals surface area contributed by atoms with Gasteiger partial charge >= 0.3 is 5.97 Å². The van der Waals surface area contributed by atoms with Gasteiger partial charge in [0.05, 0.1) is 12.0 Å². The zero-order valence-electron chi connectivity index (χ0n) is 13.3. The topological polar surface area (TPSA) is 73.9 Å². The van der Waals surface area contributed by atoms with Crippen LogP contribution in [-0.2, 0) is 25.5 Å². The molecule has 1 fully saturated rings. The molecular formula is C17H20ClNO5. The molecule has 0 bridgehead atoms. The monoisotopic (exact) mass is 353 g/mol. The Balaban J connectivity index is 1.42. The number of fused-ring (bicyclic) bond motifs is 1. The fourth-order valence-corrected chi connectivity index (χ4v) is 3.05. The Bertz CT molecular complexity index is 615. The van der Waals surface area contributed by atoms with E-state index >= 15 is 0 Å². The number of hydrogen-bond acceptors (Lipinski definition) is 5. The summed E-state index contributed by atoms with van der Waals surface area (Å²) in [6, 6.07) is 5.32. The van der Waals surface area contributed by atoms with Gasteiger partial charge < -0.3 is 19.5 Å². The predicted octanol–water partition coefficient (Wildman–Crippen LogP) is 1.73. The molecule has 0 spiro atoms. The summed E-state index contributed by atoms with van der Waals surface area (Å²) in [6.07, 6.45) is 2.52. The maximum Gasteiger partial charge on any atom is 0.313 e. The average molecular weight is 354 g/mol. The second-order valence-corrected chi connectivity index (χ2v) is 6.45. The molecule has 1 aromatic rings. The highest BCUT2D eigenvalue weighted by atomic mass is 35.5. The minimum absolute atomic E-state index is 0.0673. The Morgan fingerprint density at radius 2 is 2.25 bits per heavy atom. The van der Waals surface area contributed by atoms with Crippen molar-refractivity contribution in [3.8, 4) is 5.75 Å². The van der Waals surface area contributed by atoms with Gasteiger partial charge in [0.15, 0.2) is 6.61 Å². The summed E-state index contributed by atoms with van der Waals surface area (Å²) >= 11 is 5.96. The molecular weight excluding hydrogens is 334 g/mol. The molecule has 24 heavy (non-hydrogen) atoms. The normalized spacial score (nSPS) is 22.4. The molecule has 6 nitrogen and oxygen atoms in total. The van der Waals surface area contributed by atoms with E-state index in [1.807, 2.05) is 0 Å². The van der Waals surface area contributed by atoms with Crippen LogP contribution in [0.1, 0.15) is 18.4 Å². The molecule has 2 atom stereocenters. The molecule has 0 aliphatic carbocycles. The highest BCUT2D eigenvalue weighted by Gasteiger charge is 2.28. The third-order valence-electron chi connectivity index (χ3n) is 4.16. The molecule has 0 saturated carbocycles. The van der Waals surface area contributed by atoms with E-state index in [0.717, 1.165) is 30.8 Å². The van der Waals surface area contributed by atoms with E-state index in [2.05, 4.69) is 5.32 Å². The molecule has 7 heteroatoms. The standard InChI is InChI=1S/C17H20ClNO5/c18-13-3-4-15-11(7-13)6-12(9-23-15)17(21)24-10-16(20)19-8-14-2-1-5-22-14/h3-4,7,12,14H,1-2,5-6,8-10H2,(H,19,20)/t12-,14-/m0/s1. The highest BCUT2D eigenvalue weighted by molar-refractivity contribution is 6.30. The Labute approximate surface area is 145 Å². The first-order valence-electron chi connectivity index (χ1n) is 8.08. The third kappa shape index (κ3) is 4.39. The molecule has 0 radical (unpaired) electrons. The number of carbonyl (C=O) groups excluding carboxylic acids is 2. The van der Waals surface area contributed by atoms with Crippen LogP contribution in [0.25, 0.3) is 0 Å². The van der Waals surface area contributed by atoms with Crippen molar-refractivity contribution in [2.45, 2.75) is 25.4 Å². The lowest BCUT2D eigenvalue weighted by Crippen LogP contribution is -2.36. The van der Waals surface area contributed by atoms with Gasteiger partial charge in [-0.05, 0) is 43.0 Å². The fourth-order valence-electron chi connectivity index (χ4n) is 2.85. The summed E-state index contributed by atoms with van der Waals surface area (Å²) in [6.45, 7) is 1.15. The van der Waals surface area contributed by atoms with Crippen molar-refractivity contribution in [3.63, 3.8) is 0 Å². The largest absolute Gasteiger partial charge is 0.492 e. The molecule has 2 heterocycles. The first kappa shape index (κ1) is 17.0. The quantitative estimate of drug-likeness (QED) is 0.816. The number of amides is 1. The summed E-state index contributed by atoms with van der Waals surface area (Å²) < 4.78 is 16.1. The van der Waals surface area contributed by atoms with Crippen molar-refractivity contribution in [2.24, 2.45) is 5.92 Å². The summed E-state index contributed by atoms with van der Waals surface area (Å²) in [7, 11) is 0. The van der Waals surface area contributed by atoms with Gasteiger partial charge in [-0.2, -0.15) is 0 Å². The van der Waals surface area contributed by atoms with Gasteiger partial charge in [-0.25, -0.2) is 0 Å².